The second kappa shape index (κ2) is 12.9. The Hall–Kier alpha value is -0.620. The zero-order chi connectivity index (χ0) is 16.8. The van der Waals surface area contributed by atoms with Crippen LogP contribution in [0.5, 0.6) is 0 Å². The molecule has 0 saturated carbocycles. The van der Waals surface area contributed by atoms with Crippen LogP contribution < -0.4 is 5.32 Å². The summed E-state index contributed by atoms with van der Waals surface area (Å²) in [5.74, 6) is 0.246. The highest BCUT2D eigenvalue weighted by Crippen LogP contribution is 2.12. The van der Waals surface area contributed by atoms with Gasteiger partial charge in [0, 0.05) is 13.0 Å². The molecule has 0 bridgehead atoms. The SMILES string of the molecule is CC(C)CCCCCCCCCCC(=O)NCCS(=O)(=O)O. The summed E-state index contributed by atoms with van der Waals surface area (Å²) in [4.78, 5) is 11.4. The average Bonchev–Trinajstić information content (AvgIpc) is 2.39. The fourth-order valence-corrected chi connectivity index (χ4v) is 2.67. The van der Waals surface area contributed by atoms with Crippen molar-refractivity contribution in [2.75, 3.05) is 12.3 Å². The molecule has 0 spiro atoms. The van der Waals surface area contributed by atoms with Crippen LogP contribution >= 0.6 is 0 Å². The van der Waals surface area contributed by atoms with Crippen molar-refractivity contribution in [1.29, 1.82) is 0 Å². The first-order chi connectivity index (χ1) is 10.3. The van der Waals surface area contributed by atoms with Crippen molar-refractivity contribution in [2.45, 2.75) is 78.1 Å². The quantitative estimate of drug-likeness (QED) is 0.375. The first-order valence-electron chi connectivity index (χ1n) is 8.53. The molecule has 0 rings (SSSR count). The van der Waals surface area contributed by atoms with E-state index in [1.165, 1.54) is 38.5 Å². The molecule has 0 heterocycles. The minimum absolute atomic E-state index is 0.0198. The van der Waals surface area contributed by atoms with Crippen LogP contribution in [0.3, 0.4) is 0 Å². The number of amides is 1. The molecule has 0 aromatic heterocycles. The van der Waals surface area contributed by atoms with E-state index in [0.29, 0.717) is 6.42 Å². The first kappa shape index (κ1) is 21.4. The minimum Gasteiger partial charge on any atom is -0.355 e. The summed E-state index contributed by atoms with van der Waals surface area (Å²) >= 11 is 0. The molecule has 0 unspecified atom stereocenters. The molecule has 5 nitrogen and oxygen atoms in total. The number of carbonyl (C=O) groups is 1. The summed E-state index contributed by atoms with van der Waals surface area (Å²) in [6.45, 7) is 4.51. The summed E-state index contributed by atoms with van der Waals surface area (Å²) in [5.41, 5.74) is 0. The Balaban J connectivity index is 3.27. The van der Waals surface area contributed by atoms with Gasteiger partial charge >= 0.3 is 0 Å². The van der Waals surface area contributed by atoms with E-state index >= 15 is 0 Å². The maximum Gasteiger partial charge on any atom is 0.266 e. The average molecular weight is 336 g/mol. The molecule has 132 valence electrons. The van der Waals surface area contributed by atoms with E-state index in [4.69, 9.17) is 4.55 Å². The molecule has 0 aromatic rings. The zero-order valence-corrected chi connectivity index (χ0v) is 15.0. The number of hydrogen-bond donors (Lipinski definition) is 2. The molecule has 2 N–H and O–H groups in total. The van der Waals surface area contributed by atoms with Crippen LogP contribution in [0.2, 0.25) is 0 Å². The van der Waals surface area contributed by atoms with Crippen LogP contribution in [0.25, 0.3) is 0 Å². The van der Waals surface area contributed by atoms with Gasteiger partial charge < -0.3 is 5.32 Å². The van der Waals surface area contributed by atoms with Crippen LogP contribution in [-0.2, 0) is 14.9 Å². The Morgan fingerprint density at radius 3 is 1.95 bits per heavy atom. The smallest absolute Gasteiger partial charge is 0.266 e. The predicted molar refractivity (Wildman–Crippen MR) is 90.4 cm³/mol. The molecule has 0 aliphatic carbocycles. The lowest BCUT2D eigenvalue weighted by atomic mass is 10.0. The summed E-state index contributed by atoms with van der Waals surface area (Å²) in [6.07, 6.45) is 11.3. The molecule has 0 fully saturated rings. The minimum atomic E-state index is -3.98. The van der Waals surface area contributed by atoms with Gasteiger partial charge in [0.2, 0.25) is 5.91 Å². The molecule has 6 heteroatoms. The van der Waals surface area contributed by atoms with Gasteiger partial charge in [-0.25, -0.2) is 0 Å². The second-order valence-electron chi connectivity index (χ2n) is 6.40. The highest BCUT2D eigenvalue weighted by molar-refractivity contribution is 7.85. The second-order valence-corrected chi connectivity index (χ2v) is 7.97. The van der Waals surface area contributed by atoms with Crippen LogP contribution in [0.15, 0.2) is 0 Å². The maximum absolute atomic E-state index is 11.4. The fourth-order valence-electron chi connectivity index (χ4n) is 2.31. The third-order valence-corrected chi connectivity index (χ3v) is 4.34. The number of carbonyl (C=O) groups excluding carboxylic acids is 1. The Morgan fingerprint density at radius 2 is 1.45 bits per heavy atom. The Kier molecular flexibility index (Phi) is 12.5. The van der Waals surface area contributed by atoms with E-state index in [1.54, 1.807) is 0 Å². The highest BCUT2D eigenvalue weighted by Gasteiger charge is 2.06. The summed E-state index contributed by atoms with van der Waals surface area (Å²) in [6, 6.07) is 0. The summed E-state index contributed by atoms with van der Waals surface area (Å²) < 4.78 is 29.5. The van der Waals surface area contributed by atoms with Crippen LogP contribution in [0.1, 0.15) is 78.1 Å². The summed E-state index contributed by atoms with van der Waals surface area (Å²) in [5, 5.41) is 2.50. The van der Waals surface area contributed by atoms with Gasteiger partial charge in [-0.1, -0.05) is 65.2 Å². The van der Waals surface area contributed by atoms with Gasteiger partial charge in [-0.15, -0.1) is 0 Å². The van der Waals surface area contributed by atoms with Gasteiger partial charge in [0.25, 0.3) is 10.1 Å². The van der Waals surface area contributed by atoms with Crippen LogP contribution in [0, 0.1) is 5.92 Å². The van der Waals surface area contributed by atoms with E-state index in [0.717, 1.165) is 25.2 Å². The van der Waals surface area contributed by atoms with Crippen molar-refractivity contribution < 1.29 is 17.8 Å². The van der Waals surface area contributed by atoms with E-state index in [2.05, 4.69) is 19.2 Å². The first-order valence-corrected chi connectivity index (χ1v) is 10.1. The van der Waals surface area contributed by atoms with Crippen molar-refractivity contribution in [1.82, 2.24) is 5.32 Å². The third-order valence-electron chi connectivity index (χ3n) is 3.62. The molecule has 22 heavy (non-hydrogen) atoms. The van der Waals surface area contributed by atoms with Crippen molar-refractivity contribution in [2.24, 2.45) is 5.92 Å². The predicted octanol–water partition coefficient (Wildman–Crippen LogP) is 3.55. The Labute approximate surface area is 136 Å². The molecule has 0 radical (unpaired) electrons. The molecular formula is C16H33NO4S. The topological polar surface area (TPSA) is 83.5 Å². The standard InChI is InChI=1S/C16H33NO4S/c1-15(2)11-9-7-5-3-4-6-8-10-12-16(18)17-13-14-22(19,20)21/h15H,3-14H2,1-2H3,(H,17,18)(H,19,20,21). The molecule has 0 aliphatic heterocycles. The lowest BCUT2D eigenvalue weighted by Crippen LogP contribution is -2.28. The van der Waals surface area contributed by atoms with Gasteiger partial charge in [0.1, 0.15) is 0 Å². The number of unbranched alkanes of at least 4 members (excludes halogenated alkanes) is 7. The van der Waals surface area contributed by atoms with Gasteiger partial charge in [0.15, 0.2) is 0 Å². The number of nitrogens with one attached hydrogen (secondary N) is 1. The van der Waals surface area contributed by atoms with Crippen molar-refractivity contribution in [3.63, 3.8) is 0 Å². The third kappa shape index (κ3) is 17.4. The molecule has 0 saturated heterocycles. The largest absolute Gasteiger partial charge is 0.355 e. The normalized spacial score (nSPS) is 11.8. The van der Waals surface area contributed by atoms with Gasteiger partial charge in [-0.2, -0.15) is 8.42 Å². The highest BCUT2D eigenvalue weighted by atomic mass is 32.2. The van der Waals surface area contributed by atoms with Gasteiger partial charge in [0.05, 0.1) is 5.75 Å². The van der Waals surface area contributed by atoms with E-state index in [9.17, 15) is 13.2 Å². The van der Waals surface area contributed by atoms with Crippen LogP contribution in [0.4, 0.5) is 0 Å². The lowest BCUT2D eigenvalue weighted by molar-refractivity contribution is -0.121. The Bertz CT molecular complexity index is 380. The van der Waals surface area contributed by atoms with E-state index in [1.807, 2.05) is 0 Å². The van der Waals surface area contributed by atoms with Crippen molar-refractivity contribution in [3.05, 3.63) is 0 Å². The fraction of sp³-hybridized carbons (Fsp3) is 0.938. The lowest BCUT2D eigenvalue weighted by Gasteiger charge is -2.05. The molecule has 0 aliphatic rings. The van der Waals surface area contributed by atoms with Gasteiger partial charge in [-0.3, -0.25) is 9.35 Å². The zero-order valence-electron chi connectivity index (χ0n) is 14.1. The van der Waals surface area contributed by atoms with Crippen LogP contribution in [-0.4, -0.2) is 31.2 Å². The Morgan fingerprint density at radius 1 is 0.955 bits per heavy atom. The molecular weight excluding hydrogens is 302 g/mol. The maximum atomic E-state index is 11.4. The van der Waals surface area contributed by atoms with E-state index < -0.39 is 15.9 Å². The molecule has 0 aromatic carbocycles. The number of rotatable bonds is 14. The van der Waals surface area contributed by atoms with Crippen molar-refractivity contribution in [3.8, 4) is 0 Å². The van der Waals surface area contributed by atoms with Gasteiger partial charge in [-0.05, 0) is 12.3 Å². The molecule has 1 amide bonds. The monoisotopic (exact) mass is 335 g/mol. The van der Waals surface area contributed by atoms with E-state index in [-0.39, 0.29) is 12.5 Å². The van der Waals surface area contributed by atoms with Crippen molar-refractivity contribution >= 4 is 16.0 Å². The summed E-state index contributed by atoms with van der Waals surface area (Å²) in [7, 11) is -3.98. The number of hydrogen-bond acceptors (Lipinski definition) is 3. The molecule has 0 atom stereocenters.